The van der Waals surface area contributed by atoms with Crippen molar-refractivity contribution in [3.8, 4) is 0 Å². The van der Waals surface area contributed by atoms with E-state index in [0.717, 1.165) is 0 Å². The SMILES string of the molecule is CSc1nc(N2CCN(C(=O)OC(C)(C)C)[C@@H](C)C2)c2cnc(C)c(F)c2n1. The van der Waals surface area contributed by atoms with Gasteiger partial charge in [-0.15, -0.1) is 0 Å². The summed E-state index contributed by atoms with van der Waals surface area (Å²) in [4.78, 5) is 29.3. The Morgan fingerprint density at radius 2 is 2.04 bits per heavy atom. The molecule has 0 unspecified atom stereocenters. The predicted molar refractivity (Wildman–Crippen MR) is 108 cm³/mol. The molecule has 0 spiro atoms. The molecule has 0 bridgehead atoms. The first kappa shape index (κ1) is 20.6. The molecule has 1 atom stereocenters. The van der Waals surface area contributed by atoms with Gasteiger partial charge in [-0.25, -0.2) is 19.2 Å². The van der Waals surface area contributed by atoms with Gasteiger partial charge in [0.1, 0.15) is 16.9 Å². The van der Waals surface area contributed by atoms with Crippen molar-refractivity contribution in [2.75, 3.05) is 30.8 Å². The normalized spacial score (nSPS) is 17.9. The molecule has 1 aliphatic rings. The number of carbonyl (C=O) groups is 1. The molecule has 1 saturated heterocycles. The molecule has 3 heterocycles. The molecule has 28 heavy (non-hydrogen) atoms. The maximum absolute atomic E-state index is 14.6. The van der Waals surface area contributed by atoms with Crippen molar-refractivity contribution in [1.29, 1.82) is 0 Å². The minimum atomic E-state index is -0.537. The molecule has 9 heteroatoms. The van der Waals surface area contributed by atoms with Crippen LogP contribution in [-0.2, 0) is 4.74 Å². The van der Waals surface area contributed by atoms with Crippen LogP contribution in [0.2, 0.25) is 0 Å². The van der Waals surface area contributed by atoms with Crippen molar-refractivity contribution < 1.29 is 13.9 Å². The van der Waals surface area contributed by atoms with Crippen LogP contribution in [0.4, 0.5) is 15.0 Å². The summed E-state index contributed by atoms with van der Waals surface area (Å²) in [7, 11) is 0. The van der Waals surface area contributed by atoms with Crippen LogP contribution < -0.4 is 4.90 Å². The van der Waals surface area contributed by atoms with E-state index >= 15 is 0 Å². The first-order valence-electron chi connectivity index (χ1n) is 9.22. The van der Waals surface area contributed by atoms with Crippen molar-refractivity contribution in [1.82, 2.24) is 19.9 Å². The number of piperazine rings is 1. The highest BCUT2D eigenvalue weighted by molar-refractivity contribution is 7.98. The van der Waals surface area contributed by atoms with Crippen LogP contribution in [0.25, 0.3) is 10.9 Å². The number of hydrogen-bond donors (Lipinski definition) is 0. The van der Waals surface area contributed by atoms with E-state index < -0.39 is 11.4 Å². The molecule has 7 nitrogen and oxygen atoms in total. The summed E-state index contributed by atoms with van der Waals surface area (Å²) < 4.78 is 20.1. The van der Waals surface area contributed by atoms with Crippen LogP contribution in [0.5, 0.6) is 0 Å². The Hall–Kier alpha value is -2.16. The van der Waals surface area contributed by atoms with Gasteiger partial charge in [-0.3, -0.25) is 4.98 Å². The third kappa shape index (κ3) is 4.14. The molecule has 0 saturated carbocycles. The minimum absolute atomic E-state index is 0.0744. The summed E-state index contributed by atoms with van der Waals surface area (Å²) >= 11 is 1.37. The van der Waals surface area contributed by atoms with E-state index in [-0.39, 0.29) is 17.7 Å². The lowest BCUT2D eigenvalue weighted by molar-refractivity contribution is 0.0158. The summed E-state index contributed by atoms with van der Waals surface area (Å²) in [5, 5.41) is 1.09. The lowest BCUT2D eigenvalue weighted by Crippen LogP contribution is -2.55. The van der Waals surface area contributed by atoms with Gasteiger partial charge in [0.25, 0.3) is 0 Å². The van der Waals surface area contributed by atoms with Crippen LogP contribution in [0.3, 0.4) is 0 Å². The smallest absolute Gasteiger partial charge is 0.410 e. The Balaban J connectivity index is 1.90. The van der Waals surface area contributed by atoms with Gasteiger partial charge in [-0.2, -0.15) is 0 Å². The molecule has 152 valence electrons. The van der Waals surface area contributed by atoms with Crippen LogP contribution in [0, 0.1) is 12.7 Å². The maximum Gasteiger partial charge on any atom is 0.410 e. The molecule has 0 aromatic carbocycles. The number of amides is 1. The van der Waals surface area contributed by atoms with E-state index in [1.54, 1.807) is 18.0 Å². The van der Waals surface area contributed by atoms with E-state index in [9.17, 15) is 9.18 Å². The fraction of sp³-hybridized carbons (Fsp3) is 0.579. The van der Waals surface area contributed by atoms with E-state index in [1.807, 2.05) is 34.0 Å². The number of halogens is 1. The molecule has 3 rings (SSSR count). The Bertz CT molecular complexity index is 902. The number of hydrogen-bond acceptors (Lipinski definition) is 7. The Morgan fingerprint density at radius 1 is 1.32 bits per heavy atom. The standard InChI is InChI=1S/C19H26FN5O2S/c1-11-10-24(7-8-25(11)18(26)27-19(3,4)5)16-13-9-21-12(2)14(20)15(13)22-17(23-16)28-6/h9,11H,7-8,10H2,1-6H3/t11-/m0/s1. The summed E-state index contributed by atoms with van der Waals surface area (Å²) in [6, 6.07) is -0.0744. The van der Waals surface area contributed by atoms with Crippen molar-refractivity contribution in [3.63, 3.8) is 0 Å². The zero-order valence-electron chi connectivity index (χ0n) is 17.1. The number of thioether (sulfide) groups is 1. The molecule has 1 fully saturated rings. The summed E-state index contributed by atoms with van der Waals surface area (Å²) in [6.45, 7) is 10.8. The Morgan fingerprint density at radius 3 is 2.64 bits per heavy atom. The highest BCUT2D eigenvalue weighted by Crippen LogP contribution is 2.30. The number of aryl methyl sites for hydroxylation is 1. The average Bonchev–Trinajstić information content (AvgIpc) is 2.62. The molecular formula is C19H26FN5O2S. The van der Waals surface area contributed by atoms with Crippen molar-refractivity contribution in [3.05, 3.63) is 17.7 Å². The number of rotatable bonds is 2. The second kappa shape index (κ2) is 7.69. The summed E-state index contributed by atoms with van der Waals surface area (Å²) in [5.41, 5.74) is 0.0573. The number of nitrogens with zero attached hydrogens (tertiary/aromatic N) is 5. The van der Waals surface area contributed by atoms with Crippen molar-refractivity contribution >= 4 is 34.6 Å². The highest BCUT2D eigenvalue weighted by atomic mass is 32.2. The third-order valence-electron chi connectivity index (χ3n) is 4.56. The van der Waals surface area contributed by atoms with Gasteiger partial charge in [-0.05, 0) is 40.9 Å². The molecule has 1 amide bonds. The van der Waals surface area contributed by atoms with E-state index in [2.05, 4.69) is 19.9 Å². The second-order valence-corrected chi connectivity index (χ2v) is 8.70. The molecule has 0 aliphatic carbocycles. The van der Waals surface area contributed by atoms with E-state index in [0.29, 0.717) is 41.7 Å². The number of aromatic nitrogens is 3. The largest absolute Gasteiger partial charge is 0.444 e. The van der Waals surface area contributed by atoms with Crippen LogP contribution in [0.15, 0.2) is 11.4 Å². The Labute approximate surface area is 168 Å². The zero-order chi connectivity index (χ0) is 20.6. The zero-order valence-corrected chi connectivity index (χ0v) is 17.9. The third-order valence-corrected chi connectivity index (χ3v) is 5.10. The predicted octanol–water partition coefficient (Wildman–Crippen LogP) is 3.64. The average molecular weight is 408 g/mol. The minimum Gasteiger partial charge on any atom is -0.444 e. The van der Waals surface area contributed by atoms with Gasteiger partial charge in [0.15, 0.2) is 11.0 Å². The number of fused-ring (bicyclic) bond motifs is 1. The summed E-state index contributed by atoms with van der Waals surface area (Å²) in [6.07, 6.45) is 3.17. The lowest BCUT2D eigenvalue weighted by atomic mass is 10.1. The maximum atomic E-state index is 14.6. The molecular weight excluding hydrogens is 381 g/mol. The van der Waals surface area contributed by atoms with E-state index in [4.69, 9.17) is 4.74 Å². The number of ether oxygens (including phenoxy) is 1. The lowest BCUT2D eigenvalue weighted by Gasteiger charge is -2.41. The van der Waals surface area contributed by atoms with Gasteiger partial charge in [-0.1, -0.05) is 11.8 Å². The first-order chi connectivity index (χ1) is 13.1. The molecule has 0 radical (unpaired) electrons. The van der Waals surface area contributed by atoms with Gasteiger partial charge in [0.05, 0.1) is 11.1 Å². The topological polar surface area (TPSA) is 71.5 Å². The van der Waals surface area contributed by atoms with Gasteiger partial charge in [0, 0.05) is 31.9 Å². The van der Waals surface area contributed by atoms with Crippen LogP contribution >= 0.6 is 11.8 Å². The fourth-order valence-corrected chi connectivity index (χ4v) is 3.55. The number of pyridine rings is 1. The monoisotopic (exact) mass is 407 g/mol. The van der Waals surface area contributed by atoms with Crippen LogP contribution in [0.1, 0.15) is 33.4 Å². The second-order valence-electron chi connectivity index (χ2n) is 7.92. The van der Waals surface area contributed by atoms with Gasteiger partial charge < -0.3 is 14.5 Å². The van der Waals surface area contributed by atoms with Gasteiger partial charge in [0.2, 0.25) is 0 Å². The number of anilines is 1. The molecule has 0 N–H and O–H groups in total. The summed E-state index contributed by atoms with van der Waals surface area (Å²) in [5.74, 6) is 0.230. The Kier molecular flexibility index (Phi) is 5.65. The molecule has 2 aromatic rings. The quantitative estimate of drug-likeness (QED) is 0.556. The van der Waals surface area contributed by atoms with E-state index in [1.165, 1.54) is 11.8 Å². The molecule has 2 aromatic heterocycles. The van der Waals surface area contributed by atoms with Crippen molar-refractivity contribution in [2.45, 2.75) is 51.4 Å². The van der Waals surface area contributed by atoms with Crippen molar-refractivity contribution in [2.24, 2.45) is 0 Å². The number of carbonyl (C=O) groups excluding carboxylic acids is 1. The van der Waals surface area contributed by atoms with Gasteiger partial charge >= 0.3 is 6.09 Å². The molecule has 1 aliphatic heterocycles. The first-order valence-corrected chi connectivity index (χ1v) is 10.4. The fourth-order valence-electron chi connectivity index (χ4n) is 3.19. The highest BCUT2D eigenvalue weighted by Gasteiger charge is 2.32. The van der Waals surface area contributed by atoms with Crippen LogP contribution in [-0.4, -0.2) is 63.5 Å².